The molecule has 0 heterocycles. The molecular formula is C23H21FO3. The third kappa shape index (κ3) is 3.17. The fourth-order valence-corrected chi connectivity index (χ4v) is 3.71. The quantitative estimate of drug-likeness (QED) is 0.695. The Kier molecular flexibility index (Phi) is 4.58. The molecule has 1 aliphatic carbocycles. The van der Waals surface area contributed by atoms with Crippen molar-refractivity contribution in [3.8, 4) is 33.8 Å². The van der Waals surface area contributed by atoms with Gasteiger partial charge in [0.05, 0.1) is 20.3 Å². The fraction of sp³-hybridized carbons (Fsp3) is 0.217. The van der Waals surface area contributed by atoms with Crippen molar-refractivity contribution in [2.45, 2.75) is 18.9 Å². The van der Waals surface area contributed by atoms with E-state index in [0.29, 0.717) is 17.1 Å². The number of aryl methyl sites for hydroxylation is 1. The Morgan fingerprint density at radius 2 is 1.56 bits per heavy atom. The summed E-state index contributed by atoms with van der Waals surface area (Å²) in [4.78, 5) is 0. The molecule has 27 heavy (non-hydrogen) atoms. The summed E-state index contributed by atoms with van der Waals surface area (Å²) in [5.74, 6) is 0.969. The van der Waals surface area contributed by atoms with Gasteiger partial charge in [-0.1, -0.05) is 36.4 Å². The zero-order valence-electron chi connectivity index (χ0n) is 15.3. The van der Waals surface area contributed by atoms with Crippen LogP contribution in [0.4, 0.5) is 4.39 Å². The second-order valence-electron chi connectivity index (χ2n) is 6.73. The molecule has 0 bridgehead atoms. The van der Waals surface area contributed by atoms with Crippen molar-refractivity contribution in [3.63, 3.8) is 0 Å². The maximum atomic E-state index is 14.9. The molecule has 4 heteroatoms. The van der Waals surface area contributed by atoms with Gasteiger partial charge in [0.15, 0.2) is 11.5 Å². The van der Waals surface area contributed by atoms with Gasteiger partial charge in [0.1, 0.15) is 5.82 Å². The van der Waals surface area contributed by atoms with E-state index in [-0.39, 0.29) is 5.82 Å². The van der Waals surface area contributed by atoms with Crippen LogP contribution in [0.3, 0.4) is 0 Å². The Balaban J connectivity index is 1.69. The molecule has 0 saturated heterocycles. The minimum absolute atomic E-state index is 0.277. The molecule has 3 aromatic rings. The molecule has 3 aromatic carbocycles. The molecule has 1 aliphatic rings. The van der Waals surface area contributed by atoms with Gasteiger partial charge in [-0.15, -0.1) is 0 Å². The minimum Gasteiger partial charge on any atom is -0.493 e. The number of methoxy groups -OCH3 is 2. The molecule has 0 aromatic heterocycles. The smallest absolute Gasteiger partial charge is 0.161 e. The highest BCUT2D eigenvalue weighted by Gasteiger charge is 2.21. The van der Waals surface area contributed by atoms with E-state index in [1.807, 2.05) is 42.5 Å². The summed E-state index contributed by atoms with van der Waals surface area (Å²) in [7, 11) is 3.16. The lowest BCUT2D eigenvalue weighted by atomic mass is 9.97. The third-order valence-electron chi connectivity index (χ3n) is 5.19. The highest BCUT2D eigenvalue weighted by atomic mass is 19.1. The van der Waals surface area contributed by atoms with Gasteiger partial charge in [-0.3, -0.25) is 0 Å². The Morgan fingerprint density at radius 1 is 0.852 bits per heavy atom. The lowest BCUT2D eigenvalue weighted by molar-refractivity contribution is 0.180. The molecular weight excluding hydrogens is 343 g/mol. The van der Waals surface area contributed by atoms with E-state index < -0.39 is 6.10 Å². The molecule has 0 fully saturated rings. The number of aliphatic hydroxyl groups is 1. The van der Waals surface area contributed by atoms with Crippen LogP contribution in [0.25, 0.3) is 22.3 Å². The molecule has 0 spiro atoms. The first-order valence-electron chi connectivity index (χ1n) is 8.94. The lowest BCUT2D eigenvalue weighted by Gasteiger charge is -2.12. The number of fused-ring (bicyclic) bond motifs is 1. The Morgan fingerprint density at radius 3 is 2.30 bits per heavy atom. The van der Waals surface area contributed by atoms with Gasteiger partial charge in [0.2, 0.25) is 0 Å². The number of hydrogen-bond acceptors (Lipinski definition) is 3. The molecule has 4 rings (SSSR count). The molecule has 1 atom stereocenters. The first kappa shape index (κ1) is 17.6. The van der Waals surface area contributed by atoms with E-state index in [4.69, 9.17) is 9.47 Å². The molecule has 3 nitrogen and oxygen atoms in total. The summed E-state index contributed by atoms with van der Waals surface area (Å²) in [6.45, 7) is 0. The number of aliphatic hydroxyl groups excluding tert-OH is 1. The van der Waals surface area contributed by atoms with E-state index in [1.54, 1.807) is 26.4 Å². The predicted molar refractivity (Wildman–Crippen MR) is 104 cm³/mol. The van der Waals surface area contributed by atoms with Crippen molar-refractivity contribution in [1.82, 2.24) is 0 Å². The Hall–Kier alpha value is -2.85. The van der Waals surface area contributed by atoms with Gasteiger partial charge in [-0.25, -0.2) is 4.39 Å². The van der Waals surface area contributed by atoms with Crippen LogP contribution in [0.2, 0.25) is 0 Å². The molecule has 1 unspecified atom stereocenters. The van der Waals surface area contributed by atoms with Crippen molar-refractivity contribution in [1.29, 1.82) is 0 Å². The second kappa shape index (κ2) is 7.05. The highest BCUT2D eigenvalue weighted by molar-refractivity contribution is 5.73. The molecule has 0 amide bonds. The molecule has 1 N–H and O–H groups in total. The SMILES string of the molecule is COc1ccc(-c2ccc(-c3ccc4c(c3)CCC4O)c(F)c2)cc1OC. The number of benzene rings is 3. The number of rotatable bonds is 4. The third-order valence-corrected chi connectivity index (χ3v) is 5.19. The van der Waals surface area contributed by atoms with E-state index in [9.17, 15) is 9.50 Å². The fourth-order valence-electron chi connectivity index (χ4n) is 3.71. The van der Waals surface area contributed by atoms with Crippen molar-refractivity contribution in [2.75, 3.05) is 14.2 Å². The summed E-state index contributed by atoms with van der Waals surface area (Å²) in [6.07, 6.45) is 1.17. The zero-order valence-corrected chi connectivity index (χ0v) is 15.3. The van der Waals surface area contributed by atoms with Crippen LogP contribution in [-0.4, -0.2) is 19.3 Å². The van der Waals surface area contributed by atoms with Crippen molar-refractivity contribution < 1.29 is 19.0 Å². The van der Waals surface area contributed by atoms with E-state index >= 15 is 0 Å². The summed E-state index contributed by atoms with van der Waals surface area (Å²) >= 11 is 0. The predicted octanol–water partition coefficient (Wildman–Crippen LogP) is 5.16. The van der Waals surface area contributed by atoms with Crippen LogP contribution in [-0.2, 0) is 6.42 Å². The topological polar surface area (TPSA) is 38.7 Å². The van der Waals surface area contributed by atoms with E-state index in [1.165, 1.54) is 0 Å². The van der Waals surface area contributed by atoms with Crippen molar-refractivity contribution >= 4 is 0 Å². The van der Waals surface area contributed by atoms with Crippen LogP contribution < -0.4 is 9.47 Å². The molecule has 0 radical (unpaired) electrons. The van der Waals surface area contributed by atoms with Crippen molar-refractivity contribution in [3.05, 3.63) is 71.5 Å². The van der Waals surface area contributed by atoms with Crippen LogP contribution >= 0.6 is 0 Å². The summed E-state index contributed by atoms with van der Waals surface area (Å²) in [5.41, 5.74) is 5.08. The first-order valence-corrected chi connectivity index (χ1v) is 8.94. The normalized spacial score (nSPS) is 15.5. The highest BCUT2D eigenvalue weighted by Crippen LogP contribution is 2.37. The first-order chi connectivity index (χ1) is 13.1. The van der Waals surface area contributed by atoms with Gasteiger partial charge < -0.3 is 14.6 Å². The average Bonchev–Trinajstić information content (AvgIpc) is 3.07. The number of ether oxygens (including phenoxy) is 2. The molecule has 138 valence electrons. The van der Waals surface area contributed by atoms with E-state index in [2.05, 4.69) is 0 Å². The van der Waals surface area contributed by atoms with Gasteiger partial charge in [0, 0.05) is 5.56 Å². The van der Waals surface area contributed by atoms with Gasteiger partial charge in [-0.2, -0.15) is 0 Å². The van der Waals surface area contributed by atoms with Crippen LogP contribution in [0, 0.1) is 5.82 Å². The summed E-state index contributed by atoms with van der Waals surface area (Å²) in [5, 5.41) is 9.95. The number of hydrogen-bond donors (Lipinski definition) is 1. The monoisotopic (exact) mass is 364 g/mol. The van der Waals surface area contributed by atoms with Gasteiger partial charge in [0.25, 0.3) is 0 Å². The Bertz CT molecular complexity index is 997. The van der Waals surface area contributed by atoms with Crippen molar-refractivity contribution in [2.24, 2.45) is 0 Å². The summed E-state index contributed by atoms with van der Waals surface area (Å²) in [6, 6.07) is 16.5. The summed E-state index contributed by atoms with van der Waals surface area (Å²) < 4.78 is 25.5. The second-order valence-corrected chi connectivity index (χ2v) is 6.73. The standard InChI is InChI=1S/C23H21FO3/c1-26-22-10-6-15(13-23(22)27-2)14-3-7-18(20(24)12-14)16-4-8-19-17(11-16)5-9-21(19)25/h3-4,6-8,10-13,21,25H,5,9H2,1-2H3. The average molecular weight is 364 g/mol. The lowest BCUT2D eigenvalue weighted by Crippen LogP contribution is -1.93. The Labute approximate surface area is 158 Å². The maximum absolute atomic E-state index is 14.9. The largest absolute Gasteiger partial charge is 0.493 e. The van der Waals surface area contributed by atoms with Gasteiger partial charge >= 0.3 is 0 Å². The minimum atomic E-state index is -0.397. The zero-order chi connectivity index (χ0) is 19.0. The maximum Gasteiger partial charge on any atom is 0.161 e. The van der Waals surface area contributed by atoms with Crippen LogP contribution in [0.5, 0.6) is 11.5 Å². The molecule has 0 saturated carbocycles. The van der Waals surface area contributed by atoms with Gasteiger partial charge in [-0.05, 0) is 58.9 Å². The van der Waals surface area contributed by atoms with Crippen LogP contribution in [0.15, 0.2) is 54.6 Å². The van der Waals surface area contributed by atoms with Crippen LogP contribution in [0.1, 0.15) is 23.7 Å². The molecule has 0 aliphatic heterocycles. The van der Waals surface area contributed by atoms with E-state index in [0.717, 1.165) is 40.7 Å². The number of halogens is 1.